The molecule has 2 amide bonds. The molecule has 2 aromatic rings. The van der Waals surface area contributed by atoms with E-state index in [-0.39, 0.29) is 17.2 Å². The van der Waals surface area contributed by atoms with E-state index in [1.165, 1.54) is 11.3 Å². The molecular formula is C20H27N3O2S. The summed E-state index contributed by atoms with van der Waals surface area (Å²) in [5.74, 6) is -0.224. The van der Waals surface area contributed by atoms with Crippen molar-refractivity contribution in [2.24, 2.45) is 0 Å². The van der Waals surface area contributed by atoms with E-state index >= 15 is 0 Å². The van der Waals surface area contributed by atoms with Gasteiger partial charge in [0.05, 0.1) is 10.7 Å². The van der Waals surface area contributed by atoms with E-state index in [1.807, 2.05) is 20.8 Å². The average Bonchev–Trinajstić information content (AvgIpc) is 2.98. The normalized spacial score (nSPS) is 11.3. The molecule has 0 radical (unpaired) electrons. The number of carbonyl (C=O) groups excluding carboxylic acids is 2. The van der Waals surface area contributed by atoms with Gasteiger partial charge in [-0.2, -0.15) is 0 Å². The van der Waals surface area contributed by atoms with Crippen molar-refractivity contribution in [1.82, 2.24) is 9.88 Å². The highest BCUT2D eigenvalue weighted by Crippen LogP contribution is 2.29. The summed E-state index contributed by atoms with van der Waals surface area (Å²) in [6.45, 7) is 13.3. The Balaban J connectivity index is 2.21. The molecule has 0 spiro atoms. The van der Waals surface area contributed by atoms with Crippen LogP contribution in [0.25, 0.3) is 0 Å². The quantitative estimate of drug-likeness (QED) is 0.840. The number of rotatable bonds is 5. The van der Waals surface area contributed by atoms with Crippen molar-refractivity contribution in [2.75, 3.05) is 18.4 Å². The Morgan fingerprint density at radius 1 is 1.19 bits per heavy atom. The predicted molar refractivity (Wildman–Crippen MR) is 107 cm³/mol. The molecule has 26 heavy (non-hydrogen) atoms. The molecular weight excluding hydrogens is 346 g/mol. The Labute approximate surface area is 159 Å². The van der Waals surface area contributed by atoms with Crippen LogP contribution in [0.1, 0.15) is 65.3 Å². The van der Waals surface area contributed by atoms with E-state index in [9.17, 15) is 9.59 Å². The molecule has 0 aliphatic rings. The Morgan fingerprint density at radius 3 is 2.38 bits per heavy atom. The lowest BCUT2D eigenvalue weighted by atomic mass is 9.98. The third-order valence-corrected chi connectivity index (χ3v) is 5.64. The average molecular weight is 374 g/mol. The van der Waals surface area contributed by atoms with Gasteiger partial charge in [0, 0.05) is 29.8 Å². The number of benzene rings is 1. The molecule has 1 aromatic carbocycles. The maximum absolute atomic E-state index is 12.7. The van der Waals surface area contributed by atoms with Gasteiger partial charge in [0.15, 0.2) is 0 Å². The molecule has 1 aromatic heterocycles. The standard InChI is InChI=1S/C20H27N3O2S/c1-7-23(8-2)18(25)14-10-9-11-15(12-14)22-17(24)16-13(3)21-19(26-16)20(4,5)6/h9-12H,7-8H2,1-6H3,(H,22,24). The Morgan fingerprint density at radius 2 is 1.85 bits per heavy atom. The first-order valence-corrected chi connectivity index (χ1v) is 9.67. The summed E-state index contributed by atoms with van der Waals surface area (Å²) in [7, 11) is 0. The van der Waals surface area contributed by atoms with Crippen LogP contribution in [-0.2, 0) is 5.41 Å². The molecule has 0 saturated heterocycles. The van der Waals surface area contributed by atoms with E-state index in [0.717, 1.165) is 10.7 Å². The number of aryl methyl sites for hydroxylation is 1. The lowest BCUT2D eigenvalue weighted by Crippen LogP contribution is -2.30. The first kappa shape index (κ1) is 20.1. The van der Waals surface area contributed by atoms with Gasteiger partial charge in [-0.05, 0) is 39.0 Å². The van der Waals surface area contributed by atoms with E-state index in [4.69, 9.17) is 0 Å². The number of amides is 2. The second-order valence-electron chi connectivity index (χ2n) is 7.20. The fourth-order valence-electron chi connectivity index (χ4n) is 2.54. The fourth-order valence-corrected chi connectivity index (χ4v) is 3.56. The number of carbonyl (C=O) groups is 2. The number of thiazole rings is 1. The van der Waals surface area contributed by atoms with Crippen molar-refractivity contribution < 1.29 is 9.59 Å². The molecule has 0 bridgehead atoms. The maximum atomic E-state index is 12.7. The zero-order chi connectivity index (χ0) is 19.5. The van der Waals surface area contributed by atoms with E-state index in [2.05, 4.69) is 31.1 Å². The summed E-state index contributed by atoms with van der Waals surface area (Å²) in [6.07, 6.45) is 0. The van der Waals surface area contributed by atoms with Crippen LogP contribution in [0.2, 0.25) is 0 Å². The van der Waals surface area contributed by atoms with Crippen LogP contribution in [0, 0.1) is 6.92 Å². The topological polar surface area (TPSA) is 62.3 Å². The molecule has 5 nitrogen and oxygen atoms in total. The largest absolute Gasteiger partial charge is 0.339 e. The van der Waals surface area contributed by atoms with Crippen LogP contribution in [0.3, 0.4) is 0 Å². The Bertz CT molecular complexity index is 802. The van der Waals surface area contributed by atoms with Gasteiger partial charge >= 0.3 is 0 Å². The molecule has 6 heteroatoms. The van der Waals surface area contributed by atoms with Crippen molar-refractivity contribution in [3.8, 4) is 0 Å². The molecule has 1 N–H and O–H groups in total. The van der Waals surface area contributed by atoms with Gasteiger partial charge in [0.2, 0.25) is 0 Å². The van der Waals surface area contributed by atoms with Crippen LogP contribution in [0.4, 0.5) is 5.69 Å². The van der Waals surface area contributed by atoms with E-state index in [0.29, 0.717) is 29.2 Å². The van der Waals surface area contributed by atoms with Crippen molar-refractivity contribution in [1.29, 1.82) is 0 Å². The number of aromatic nitrogens is 1. The third-order valence-electron chi connectivity index (χ3n) is 4.06. The first-order valence-electron chi connectivity index (χ1n) is 8.86. The molecule has 140 valence electrons. The van der Waals surface area contributed by atoms with Crippen LogP contribution < -0.4 is 5.32 Å². The monoisotopic (exact) mass is 373 g/mol. The van der Waals surface area contributed by atoms with Crippen LogP contribution in [0.5, 0.6) is 0 Å². The van der Waals surface area contributed by atoms with Crippen LogP contribution in [-0.4, -0.2) is 34.8 Å². The highest BCUT2D eigenvalue weighted by Gasteiger charge is 2.23. The summed E-state index contributed by atoms with van der Waals surface area (Å²) >= 11 is 1.42. The number of nitrogens with zero attached hydrogens (tertiary/aromatic N) is 2. The van der Waals surface area contributed by atoms with Crippen molar-refractivity contribution in [3.05, 3.63) is 45.4 Å². The molecule has 0 aliphatic heterocycles. The summed E-state index contributed by atoms with van der Waals surface area (Å²) < 4.78 is 0. The van der Waals surface area contributed by atoms with Gasteiger partial charge in [0.25, 0.3) is 11.8 Å². The minimum absolute atomic E-state index is 0.0323. The summed E-state index contributed by atoms with van der Waals surface area (Å²) in [4.78, 5) is 32.0. The first-order chi connectivity index (χ1) is 12.2. The molecule has 2 rings (SSSR count). The second-order valence-corrected chi connectivity index (χ2v) is 8.19. The minimum atomic E-state index is -0.192. The molecule has 0 saturated carbocycles. The van der Waals surface area contributed by atoms with Gasteiger partial charge in [-0.25, -0.2) is 4.98 Å². The molecule has 0 fully saturated rings. The highest BCUT2D eigenvalue weighted by molar-refractivity contribution is 7.14. The summed E-state index contributed by atoms with van der Waals surface area (Å²) in [6, 6.07) is 7.07. The Kier molecular flexibility index (Phi) is 6.18. The van der Waals surface area contributed by atoms with Gasteiger partial charge in [-0.3, -0.25) is 9.59 Å². The maximum Gasteiger partial charge on any atom is 0.267 e. The van der Waals surface area contributed by atoms with E-state index < -0.39 is 0 Å². The second kappa shape index (κ2) is 7.99. The van der Waals surface area contributed by atoms with Crippen LogP contribution in [0.15, 0.2) is 24.3 Å². The molecule has 0 aliphatic carbocycles. The predicted octanol–water partition coefficient (Wildman–Crippen LogP) is 4.48. The van der Waals surface area contributed by atoms with Crippen LogP contribution >= 0.6 is 11.3 Å². The fraction of sp³-hybridized carbons (Fsp3) is 0.450. The van der Waals surface area contributed by atoms with Crippen molar-refractivity contribution >= 4 is 28.8 Å². The van der Waals surface area contributed by atoms with Gasteiger partial charge in [-0.15, -0.1) is 11.3 Å². The van der Waals surface area contributed by atoms with Gasteiger partial charge in [0.1, 0.15) is 4.88 Å². The lowest BCUT2D eigenvalue weighted by molar-refractivity contribution is 0.0772. The van der Waals surface area contributed by atoms with Gasteiger partial charge < -0.3 is 10.2 Å². The SMILES string of the molecule is CCN(CC)C(=O)c1cccc(NC(=O)c2sc(C(C)(C)C)nc2C)c1. The molecule has 0 unspecified atom stereocenters. The van der Waals surface area contributed by atoms with Gasteiger partial charge in [-0.1, -0.05) is 26.8 Å². The van der Waals surface area contributed by atoms with E-state index in [1.54, 1.807) is 29.2 Å². The molecule has 0 atom stereocenters. The number of nitrogens with one attached hydrogen (secondary N) is 1. The van der Waals surface area contributed by atoms with Crippen molar-refractivity contribution in [3.63, 3.8) is 0 Å². The van der Waals surface area contributed by atoms with Crippen molar-refractivity contribution in [2.45, 2.75) is 47.0 Å². The zero-order valence-electron chi connectivity index (χ0n) is 16.3. The third kappa shape index (κ3) is 4.49. The Hall–Kier alpha value is -2.21. The number of hydrogen-bond donors (Lipinski definition) is 1. The molecule has 1 heterocycles. The summed E-state index contributed by atoms with van der Waals surface area (Å²) in [5.41, 5.74) is 1.82. The number of hydrogen-bond acceptors (Lipinski definition) is 4. The minimum Gasteiger partial charge on any atom is -0.339 e. The highest BCUT2D eigenvalue weighted by atomic mass is 32.1. The smallest absolute Gasteiger partial charge is 0.267 e. The lowest BCUT2D eigenvalue weighted by Gasteiger charge is -2.19. The number of anilines is 1. The zero-order valence-corrected chi connectivity index (χ0v) is 17.2. The summed E-state index contributed by atoms with van der Waals surface area (Å²) in [5, 5.41) is 3.83.